The minimum absolute atomic E-state index is 0.0255. The first-order chi connectivity index (χ1) is 33.1. The van der Waals surface area contributed by atoms with Gasteiger partial charge in [-0.05, 0) is 121 Å². The Labute approximate surface area is 439 Å². The van der Waals surface area contributed by atoms with E-state index < -0.39 is 5.97 Å². The highest BCUT2D eigenvalue weighted by molar-refractivity contribution is 9.09. The summed E-state index contributed by atoms with van der Waals surface area (Å²) in [4.78, 5) is 57.6. The molecule has 1 aliphatic heterocycles. The number of hydrogen-bond donors (Lipinski definition) is 2. The fourth-order valence-corrected chi connectivity index (χ4v) is 8.46. The van der Waals surface area contributed by atoms with Crippen molar-refractivity contribution in [1.29, 1.82) is 0 Å². The summed E-state index contributed by atoms with van der Waals surface area (Å²) in [5.74, 6) is 5.32. The van der Waals surface area contributed by atoms with Gasteiger partial charge in [0, 0.05) is 48.9 Å². The molecule has 0 radical (unpaired) electrons. The molecule has 0 aromatic heterocycles. The molecular weight excluding hydrogens is 969 g/mol. The average molecular weight is 1070 g/mol. The number of azide groups is 1. The molecular formula is C56H101BrN4O10. The third-order valence-electron chi connectivity index (χ3n) is 14.5. The lowest BCUT2D eigenvalue weighted by atomic mass is 9.82. The number of hydrogen-bond acceptors (Lipinski definition) is 11. The lowest BCUT2D eigenvalue weighted by Crippen LogP contribution is -2.27. The van der Waals surface area contributed by atoms with Gasteiger partial charge in [-0.1, -0.05) is 155 Å². The van der Waals surface area contributed by atoms with E-state index in [0.717, 1.165) is 11.8 Å². The fraction of sp³-hybridized carbons (Fsp3) is 0.804. The Balaban J connectivity index is -0.000000823. The number of alkyl halides is 1. The molecule has 1 fully saturated rings. The highest BCUT2D eigenvalue weighted by Crippen LogP contribution is 2.29. The van der Waals surface area contributed by atoms with Gasteiger partial charge in [0.2, 0.25) is 0 Å². The molecule has 0 saturated carbocycles. The van der Waals surface area contributed by atoms with Gasteiger partial charge >= 0.3 is 29.8 Å². The van der Waals surface area contributed by atoms with Crippen LogP contribution in [0.2, 0.25) is 0 Å². The molecule has 2 rings (SSSR count). The van der Waals surface area contributed by atoms with E-state index in [9.17, 15) is 24.0 Å². The zero-order chi connectivity index (χ0) is 55.4. The van der Waals surface area contributed by atoms with Crippen molar-refractivity contribution in [2.24, 2.45) is 99.6 Å². The first-order valence-electron chi connectivity index (χ1n) is 26.3. The van der Waals surface area contributed by atoms with Crippen molar-refractivity contribution < 1.29 is 48.0 Å². The van der Waals surface area contributed by atoms with Gasteiger partial charge in [-0.3, -0.25) is 24.0 Å². The van der Waals surface area contributed by atoms with Crippen molar-refractivity contribution in [3.8, 4) is 0 Å². The van der Waals surface area contributed by atoms with Crippen molar-refractivity contribution >= 4 is 45.8 Å². The zero-order valence-corrected chi connectivity index (χ0v) is 49.0. The molecule has 10 atom stereocenters. The van der Waals surface area contributed by atoms with Gasteiger partial charge in [-0.15, -0.1) is 0 Å². The predicted octanol–water partition coefficient (Wildman–Crippen LogP) is 13.3. The van der Waals surface area contributed by atoms with Crippen LogP contribution in [0.15, 0.2) is 35.4 Å². The molecule has 15 heteroatoms. The van der Waals surface area contributed by atoms with Gasteiger partial charge in [0.1, 0.15) is 0 Å². The molecule has 14 nitrogen and oxygen atoms in total. The molecule has 0 aliphatic carbocycles. The quantitative estimate of drug-likeness (QED) is 0.0222. The van der Waals surface area contributed by atoms with Gasteiger partial charge in [0.15, 0.2) is 0 Å². The maximum absolute atomic E-state index is 11.4. The van der Waals surface area contributed by atoms with Crippen LogP contribution in [0.1, 0.15) is 156 Å². The van der Waals surface area contributed by atoms with Crippen LogP contribution in [0.3, 0.4) is 0 Å². The second-order valence-corrected chi connectivity index (χ2v) is 21.8. The molecule has 412 valence electrons. The van der Waals surface area contributed by atoms with E-state index in [1.165, 1.54) is 12.5 Å². The number of carbonyl (C=O) groups is 5. The Morgan fingerprint density at radius 3 is 1.54 bits per heavy atom. The van der Waals surface area contributed by atoms with E-state index in [1.807, 2.05) is 13.0 Å². The molecule has 71 heavy (non-hydrogen) atoms. The summed E-state index contributed by atoms with van der Waals surface area (Å²) in [5.41, 5.74) is 15.1. The van der Waals surface area contributed by atoms with Crippen molar-refractivity contribution in [3.63, 3.8) is 0 Å². The molecule has 1 aromatic rings. The van der Waals surface area contributed by atoms with Crippen molar-refractivity contribution in [2.75, 3.05) is 44.8 Å². The first-order valence-corrected chi connectivity index (χ1v) is 27.4. The molecule has 1 heterocycles. The number of halogens is 1. The Hall–Kier alpha value is -3.68. The van der Waals surface area contributed by atoms with Crippen LogP contribution in [0.25, 0.3) is 10.4 Å². The summed E-state index contributed by atoms with van der Waals surface area (Å²) >= 11 is 3.46. The summed E-state index contributed by atoms with van der Waals surface area (Å²) < 4.78 is 20.0. The Bertz CT molecular complexity index is 1620. The number of carboxylic acid groups (broad SMARTS) is 1. The van der Waals surface area contributed by atoms with Crippen LogP contribution in [0.5, 0.6) is 0 Å². The minimum atomic E-state index is -0.752. The number of carboxylic acids is 1. The van der Waals surface area contributed by atoms with Gasteiger partial charge < -0.3 is 29.8 Å². The third kappa shape index (κ3) is 35.2. The SMILES string of the molecule is CC(=O)OC[C@H](Cc1ccccc1)[C@H](C)C(C)C.CC(C)[C@@H](C)[C@@H]1COC(=O)C1.CC(C)[C@@H](C)[C@H](CN)CC(=O)O.CCOC(=O)C[C@@H](CBr)[C@H](C)C(C)C.CCOC(=O)C[C@@H](CN=[N+]=[N-])[C@H](C)C(C)C. The molecule has 1 aliphatic rings. The Morgan fingerprint density at radius 1 is 0.718 bits per heavy atom. The number of nitrogens with two attached hydrogens (primary N) is 1. The van der Waals surface area contributed by atoms with Crippen molar-refractivity contribution in [1.82, 2.24) is 0 Å². The van der Waals surface area contributed by atoms with Gasteiger partial charge in [0.05, 0.1) is 32.8 Å². The smallest absolute Gasteiger partial charge is 0.306 e. The summed E-state index contributed by atoms with van der Waals surface area (Å²) in [5, 5.41) is 13.0. The van der Waals surface area contributed by atoms with Crippen LogP contribution in [-0.4, -0.2) is 79.8 Å². The molecule has 0 unspecified atom stereocenters. The van der Waals surface area contributed by atoms with E-state index in [1.54, 1.807) is 6.92 Å². The topological polar surface area (TPSA) is 217 Å². The average Bonchev–Trinajstić information content (AvgIpc) is 3.75. The van der Waals surface area contributed by atoms with Gasteiger partial charge in [-0.2, -0.15) is 0 Å². The minimum Gasteiger partial charge on any atom is -0.481 e. The Morgan fingerprint density at radius 2 is 1.17 bits per heavy atom. The van der Waals surface area contributed by atoms with E-state index in [4.69, 9.17) is 35.3 Å². The number of ether oxygens (including phenoxy) is 4. The molecule has 0 amide bonds. The van der Waals surface area contributed by atoms with Crippen LogP contribution in [-0.2, 0) is 49.3 Å². The summed E-state index contributed by atoms with van der Waals surface area (Å²) in [7, 11) is 0. The van der Waals surface area contributed by atoms with E-state index >= 15 is 0 Å². The fourth-order valence-electron chi connectivity index (χ4n) is 7.64. The highest BCUT2D eigenvalue weighted by Gasteiger charge is 2.30. The van der Waals surface area contributed by atoms with Crippen LogP contribution in [0.4, 0.5) is 0 Å². The van der Waals surface area contributed by atoms with E-state index in [2.05, 4.69) is 154 Å². The van der Waals surface area contributed by atoms with Crippen LogP contribution >= 0.6 is 15.9 Å². The van der Waals surface area contributed by atoms with Gasteiger partial charge in [-0.25, -0.2) is 0 Å². The molecule has 1 saturated heterocycles. The molecule has 0 bridgehead atoms. The van der Waals surface area contributed by atoms with Crippen LogP contribution in [0, 0.1) is 88.8 Å². The standard InChI is InChI=1S/C16H24O2.C11H21BrO2.C11H21N3O2.C9H19NO2.C9H16O2/c1-12(2)13(3)16(11-18-14(4)17)10-15-8-6-5-7-9-15;1-5-14-11(13)6-10(7-12)9(4)8(2)3;1-5-16-11(15)6-10(7-13-14-12)9(4)8(2)3;1-6(2)7(3)8(5-10)4-9(11)12;1-6(2)7(3)8-4-9(10)11-5-8/h5-9,12-13,16H,10-11H2,1-4H3;8-10H,5-7H2,1-4H3;8-10H,5-7H2,1-4H3;6-8H,4-5,10H2,1-3H3,(H,11,12);6-8H,4-5H2,1-3H3/t13-,16+;2*9-,10+;2*7-,8+/m11111/s1. The summed E-state index contributed by atoms with van der Waals surface area (Å²) in [6.07, 6.45) is 2.63. The highest BCUT2D eigenvalue weighted by atomic mass is 79.9. The summed E-state index contributed by atoms with van der Waals surface area (Å²) in [6.45, 7) is 40.3. The Kier molecular flexibility index (Phi) is 42.1. The predicted molar refractivity (Wildman–Crippen MR) is 291 cm³/mol. The first kappa shape index (κ1) is 71.6. The number of cyclic esters (lactones) is 1. The summed E-state index contributed by atoms with van der Waals surface area (Å²) in [6, 6.07) is 10.4. The van der Waals surface area contributed by atoms with E-state index in [0.29, 0.717) is 136 Å². The largest absolute Gasteiger partial charge is 0.481 e. The number of esters is 4. The van der Waals surface area contributed by atoms with Crippen molar-refractivity contribution in [2.45, 2.75) is 157 Å². The number of carbonyl (C=O) groups excluding carboxylic acids is 4. The lowest BCUT2D eigenvalue weighted by Gasteiger charge is -2.26. The number of nitrogens with zero attached hydrogens (tertiary/aromatic N) is 3. The van der Waals surface area contributed by atoms with Gasteiger partial charge in [0.25, 0.3) is 0 Å². The second-order valence-electron chi connectivity index (χ2n) is 21.1. The number of benzene rings is 1. The monoisotopic (exact) mass is 1070 g/mol. The lowest BCUT2D eigenvalue weighted by molar-refractivity contribution is -0.145. The maximum atomic E-state index is 11.4. The number of rotatable bonds is 26. The normalized spacial score (nSPS) is 16.7. The maximum Gasteiger partial charge on any atom is 0.306 e. The zero-order valence-electron chi connectivity index (χ0n) is 47.5. The van der Waals surface area contributed by atoms with E-state index in [-0.39, 0.29) is 42.1 Å². The molecule has 0 spiro atoms. The third-order valence-corrected chi connectivity index (χ3v) is 15.3. The van der Waals surface area contributed by atoms with Crippen LogP contribution < -0.4 is 5.73 Å². The second kappa shape index (κ2) is 41.8. The molecule has 3 N–H and O–H groups in total. The van der Waals surface area contributed by atoms with Crippen molar-refractivity contribution in [3.05, 3.63) is 46.3 Å². The number of aliphatic carboxylic acids is 1. The molecule has 1 aromatic carbocycles.